The van der Waals surface area contributed by atoms with Crippen LogP contribution in [0.25, 0.3) is 0 Å². The number of amides is 1. The summed E-state index contributed by atoms with van der Waals surface area (Å²) in [6.45, 7) is 2.86. The average Bonchev–Trinajstić information content (AvgIpc) is 2.55. The minimum Gasteiger partial charge on any atom is -0.497 e. The highest BCUT2D eigenvalue weighted by Crippen LogP contribution is 2.17. The Morgan fingerprint density at radius 1 is 1.14 bits per heavy atom. The lowest BCUT2D eigenvalue weighted by Gasteiger charge is -2.21. The smallest absolute Gasteiger partial charge is 0.246 e. The largest absolute Gasteiger partial charge is 0.497 e. The molecule has 0 fully saturated rings. The number of rotatable bonds is 6. The van der Waals surface area contributed by atoms with Gasteiger partial charge in [-0.15, -0.1) is 0 Å². The first-order valence-corrected chi connectivity index (χ1v) is 6.98. The maximum Gasteiger partial charge on any atom is 0.246 e. The zero-order chi connectivity index (χ0) is 15.1. The van der Waals surface area contributed by atoms with Crippen molar-refractivity contribution in [1.82, 2.24) is 0 Å². The van der Waals surface area contributed by atoms with Crippen LogP contribution in [0.5, 0.6) is 5.75 Å². The predicted octanol–water partition coefficient (Wildman–Crippen LogP) is 3.16. The van der Waals surface area contributed by atoms with Gasteiger partial charge in [-0.1, -0.05) is 24.3 Å². The molecule has 0 radical (unpaired) electrons. The quantitative estimate of drug-likeness (QED) is 0.886. The van der Waals surface area contributed by atoms with Gasteiger partial charge in [-0.2, -0.15) is 0 Å². The number of hydrogen-bond acceptors (Lipinski definition) is 3. The van der Waals surface area contributed by atoms with Crippen molar-refractivity contribution in [3.63, 3.8) is 0 Å². The summed E-state index contributed by atoms with van der Waals surface area (Å²) in [5, 5.41) is 3.13. The minimum absolute atomic E-state index is 0.0338. The topological polar surface area (TPSA) is 41.6 Å². The fourth-order valence-electron chi connectivity index (χ4n) is 2.12. The summed E-state index contributed by atoms with van der Waals surface area (Å²) in [6.07, 6.45) is 0. The van der Waals surface area contributed by atoms with Crippen LogP contribution < -0.4 is 15.0 Å². The van der Waals surface area contributed by atoms with E-state index in [2.05, 4.69) is 5.32 Å². The van der Waals surface area contributed by atoms with Crippen LogP contribution in [0.3, 0.4) is 0 Å². The van der Waals surface area contributed by atoms with Crippen molar-refractivity contribution < 1.29 is 9.53 Å². The van der Waals surface area contributed by atoms with Crippen LogP contribution in [-0.4, -0.2) is 26.1 Å². The zero-order valence-corrected chi connectivity index (χ0v) is 12.4. The Bertz CT molecular complexity index is 584. The van der Waals surface area contributed by atoms with Crippen LogP contribution >= 0.6 is 0 Å². The fraction of sp³-hybridized carbons (Fsp3) is 0.235. The molecule has 0 saturated heterocycles. The van der Waals surface area contributed by atoms with Crippen LogP contribution in [-0.2, 0) is 4.79 Å². The molecule has 21 heavy (non-hydrogen) atoms. The number of benzene rings is 2. The van der Waals surface area contributed by atoms with E-state index in [1.54, 1.807) is 12.0 Å². The van der Waals surface area contributed by atoms with E-state index in [-0.39, 0.29) is 12.5 Å². The van der Waals surface area contributed by atoms with Gasteiger partial charge in [0, 0.05) is 24.0 Å². The molecule has 110 valence electrons. The van der Waals surface area contributed by atoms with Crippen LogP contribution in [0.4, 0.5) is 11.4 Å². The molecule has 4 heteroatoms. The third-order valence-corrected chi connectivity index (χ3v) is 3.20. The summed E-state index contributed by atoms with van der Waals surface area (Å²) in [5.74, 6) is 0.800. The van der Waals surface area contributed by atoms with Crippen molar-refractivity contribution >= 4 is 17.3 Å². The van der Waals surface area contributed by atoms with E-state index in [4.69, 9.17) is 4.74 Å². The molecule has 0 bridgehead atoms. The maximum absolute atomic E-state index is 12.3. The molecule has 0 aliphatic heterocycles. The van der Waals surface area contributed by atoms with Gasteiger partial charge in [0.25, 0.3) is 0 Å². The van der Waals surface area contributed by atoms with Gasteiger partial charge in [0.1, 0.15) is 5.75 Å². The molecule has 0 spiro atoms. The molecule has 0 aromatic heterocycles. The van der Waals surface area contributed by atoms with Gasteiger partial charge in [-0.25, -0.2) is 0 Å². The first-order valence-electron chi connectivity index (χ1n) is 6.98. The highest BCUT2D eigenvalue weighted by molar-refractivity contribution is 5.96. The Morgan fingerprint density at radius 3 is 2.57 bits per heavy atom. The molecule has 0 atom stereocenters. The lowest BCUT2D eigenvalue weighted by atomic mass is 10.2. The zero-order valence-electron chi connectivity index (χ0n) is 12.4. The number of likely N-dealkylation sites (N-methyl/N-ethyl adjacent to an activating group) is 1. The highest BCUT2D eigenvalue weighted by atomic mass is 16.5. The van der Waals surface area contributed by atoms with E-state index in [1.165, 1.54) is 0 Å². The first kappa shape index (κ1) is 14.9. The van der Waals surface area contributed by atoms with Gasteiger partial charge in [-0.05, 0) is 31.2 Å². The summed E-state index contributed by atoms with van der Waals surface area (Å²) < 4.78 is 5.16. The molecular weight excluding hydrogens is 264 g/mol. The molecule has 1 amide bonds. The predicted molar refractivity (Wildman–Crippen MR) is 86.0 cm³/mol. The van der Waals surface area contributed by atoms with Gasteiger partial charge in [0.2, 0.25) is 5.91 Å². The van der Waals surface area contributed by atoms with Crippen molar-refractivity contribution in [2.75, 3.05) is 30.4 Å². The molecule has 1 N–H and O–H groups in total. The van der Waals surface area contributed by atoms with E-state index >= 15 is 0 Å². The number of ether oxygens (including phenoxy) is 1. The average molecular weight is 284 g/mol. The Morgan fingerprint density at radius 2 is 1.90 bits per heavy atom. The Balaban J connectivity index is 2.00. The van der Waals surface area contributed by atoms with Gasteiger partial charge < -0.3 is 15.0 Å². The molecule has 2 aromatic carbocycles. The molecule has 0 aliphatic carbocycles. The monoisotopic (exact) mass is 284 g/mol. The molecule has 0 heterocycles. The number of para-hydroxylation sites is 1. The van der Waals surface area contributed by atoms with Crippen molar-refractivity contribution in [3.8, 4) is 5.75 Å². The number of carbonyl (C=O) groups is 1. The summed E-state index contributed by atoms with van der Waals surface area (Å²) in [6, 6.07) is 17.2. The lowest BCUT2D eigenvalue weighted by Crippen LogP contribution is -2.35. The number of methoxy groups -OCH3 is 1. The minimum atomic E-state index is 0.0338. The molecule has 0 aliphatic rings. The number of nitrogens with one attached hydrogen (secondary N) is 1. The summed E-state index contributed by atoms with van der Waals surface area (Å²) in [4.78, 5) is 14.1. The van der Waals surface area contributed by atoms with Crippen molar-refractivity contribution in [2.45, 2.75) is 6.92 Å². The number of anilines is 2. The van der Waals surface area contributed by atoms with Gasteiger partial charge >= 0.3 is 0 Å². The van der Waals surface area contributed by atoms with E-state index in [9.17, 15) is 4.79 Å². The normalized spacial score (nSPS) is 10.0. The van der Waals surface area contributed by atoms with Crippen molar-refractivity contribution in [2.24, 2.45) is 0 Å². The number of hydrogen-bond donors (Lipinski definition) is 1. The van der Waals surface area contributed by atoms with E-state index < -0.39 is 0 Å². The first-order chi connectivity index (χ1) is 10.2. The van der Waals surface area contributed by atoms with Crippen LogP contribution in [0.15, 0.2) is 54.6 Å². The van der Waals surface area contributed by atoms with Crippen LogP contribution in [0, 0.1) is 0 Å². The maximum atomic E-state index is 12.3. The fourth-order valence-corrected chi connectivity index (χ4v) is 2.12. The standard InChI is InChI=1S/C17H20N2O2/c1-3-19(15-9-5-4-6-10-15)17(20)13-18-14-8-7-11-16(12-14)21-2/h4-12,18H,3,13H2,1-2H3. The molecule has 2 aromatic rings. The highest BCUT2D eigenvalue weighted by Gasteiger charge is 2.13. The second-order valence-corrected chi connectivity index (χ2v) is 4.56. The second kappa shape index (κ2) is 7.33. The Labute approximate surface area is 125 Å². The summed E-state index contributed by atoms with van der Waals surface area (Å²) in [7, 11) is 1.62. The number of nitrogens with zero attached hydrogens (tertiary/aromatic N) is 1. The molecule has 0 unspecified atom stereocenters. The Kier molecular flexibility index (Phi) is 5.21. The van der Waals surface area contributed by atoms with Gasteiger partial charge in [0.05, 0.1) is 13.7 Å². The molecule has 2 rings (SSSR count). The van der Waals surface area contributed by atoms with Crippen LogP contribution in [0.1, 0.15) is 6.92 Å². The summed E-state index contributed by atoms with van der Waals surface area (Å²) in [5.41, 5.74) is 1.78. The third kappa shape index (κ3) is 3.99. The second-order valence-electron chi connectivity index (χ2n) is 4.56. The SMILES string of the molecule is CCN(C(=O)CNc1cccc(OC)c1)c1ccccc1. The molecule has 4 nitrogen and oxygen atoms in total. The van der Waals surface area contributed by atoms with Crippen LogP contribution in [0.2, 0.25) is 0 Å². The molecular formula is C17H20N2O2. The summed E-state index contributed by atoms with van der Waals surface area (Å²) >= 11 is 0. The Hall–Kier alpha value is -2.49. The third-order valence-electron chi connectivity index (χ3n) is 3.20. The van der Waals surface area contributed by atoms with Crippen molar-refractivity contribution in [1.29, 1.82) is 0 Å². The van der Waals surface area contributed by atoms with Crippen molar-refractivity contribution in [3.05, 3.63) is 54.6 Å². The van der Waals surface area contributed by atoms with Gasteiger partial charge in [0.15, 0.2) is 0 Å². The van der Waals surface area contributed by atoms with E-state index in [0.29, 0.717) is 6.54 Å². The number of carbonyl (C=O) groups excluding carboxylic acids is 1. The van der Waals surface area contributed by atoms with E-state index in [1.807, 2.05) is 61.5 Å². The van der Waals surface area contributed by atoms with Gasteiger partial charge in [-0.3, -0.25) is 4.79 Å². The lowest BCUT2D eigenvalue weighted by molar-refractivity contribution is -0.116. The molecule has 0 saturated carbocycles. The van der Waals surface area contributed by atoms with E-state index in [0.717, 1.165) is 17.1 Å².